The van der Waals surface area contributed by atoms with Crippen molar-refractivity contribution in [1.29, 1.82) is 0 Å². The van der Waals surface area contributed by atoms with Crippen LogP contribution in [-0.2, 0) is 0 Å². The Balaban J connectivity index is 1.56. The van der Waals surface area contributed by atoms with Gasteiger partial charge in [0.25, 0.3) is 0 Å². The van der Waals surface area contributed by atoms with Crippen LogP contribution in [0.2, 0.25) is 0 Å². The van der Waals surface area contributed by atoms with Crippen LogP contribution in [0.25, 0.3) is 22.3 Å². The summed E-state index contributed by atoms with van der Waals surface area (Å²) in [7, 11) is 2.68. The first-order valence-electron chi connectivity index (χ1n) is 10.3. The topological polar surface area (TPSA) is 44.8 Å². The maximum Gasteiger partial charge on any atom is 0.343 e. The Labute approximate surface area is 198 Å². The van der Waals surface area contributed by atoms with Crippen molar-refractivity contribution in [3.63, 3.8) is 0 Å². The van der Waals surface area contributed by atoms with E-state index in [1.807, 2.05) is 0 Å². The number of ether oxygens (including phenoxy) is 3. The Morgan fingerprint density at radius 2 is 1.06 bits per heavy atom. The lowest BCUT2D eigenvalue weighted by molar-refractivity contribution is 0.0726. The van der Waals surface area contributed by atoms with Crippen molar-refractivity contribution in [3.8, 4) is 39.5 Å². The molecule has 0 saturated carbocycles. The number of carbonyl (C=O) groups is 1. The SMILES string of the molecule is COc1ccc(-c2ccc(-c3ccc(C(=O)Oc4ccc(OC)c(F)c4F)cc3)c(F)c2F)cc1. The molecule has 0 heterocycles. The Hall–Kier alpha value is -4.33. The van der Waals surface area contributed by atoms with Crippen LogP contribution in [0.4, 0.5) is 17.6 Å². The minimum atomic E-state index is -1.37. The van der Waals surface area contributed by atoms with E-state index in [2.05, 4.69) is 4.74 Å². The molecular weight excluding hydrogens is 464 g/mol. The molecule has 35 heavy (non-hydrogen) atoms. The number of rotatable bonds is 6. The van der Waals surface area contributed by atoms with Crippen LogP contribution < -0.4 is 14.2 Å². The number of esters is 1. The van der Waals surface area contributed by atoms with Crippen molar-refractivity contribution in [2.24, 2.45) is 0 Å². The molecule has 0 aromatic heterocycles. The van der Waals surface area contributed by atoms with E-state index in [4.69, 9.17) is 9.47 Å². The maximum atomic E-state index is 14.9. The zero-order valence-corrected chi connectivity index (χ0v) is 18.6. The lowest BCUT2D eigenvalue weighted by Gasteiger charge is -2.11. The van der Waals surface area contributed by atoms with Crippen LogP contribution in [0.3, 0.4) is 0 Å². The summed E-state index contributed by atoms with van der Waals surface area (Å²) in [5, 5.41) is 0. The molecule has 0 bridgehead atoms. The molecule has 4 aromatic rings. The number of halogens is 4. The number of methoxy groups -OCH3 is 2. The lowest BCUT2D eigenvalue weighted by Crippen LogP contribution is -2.10. The molecule has 4 aromatic carbocycles. The fraction of sp³-hybridized carbons (Fsp3) is 0.0741. The van der Waals surface area contributed by atoms with Gasteiger partial charge in [0.2, 0.25) is 11.6 Å². The lowest BCUT2D eigenvalue weighted by atomic mass is 9.98. The number of hydrogen-bond acceptors (Lipinski definition) is 4. The highest BCUT2D eigenvalue weighted by atomic mass is 19.2. The first kappa shape index (κ1) is 23.8. The van der Waals surface area contributed by atoms with Gasteiger partial charge < -0.3 is 14.2 Å². The molecule has 0 aliphatic carbocycles. The van der Waals surface area contributed by atoms with Gasteiger partial charge in [-0.2, -0.15) is 8.78 Å². The molecule has 0 aliphatic rings. The zero-order valence-electron chi connectivity index (χ0n) is 18.6. The molecule has 0 radical (unpaired) electrons. The molecule has 0 atom stereocenters. The highest BCUT2D eigenvalue weighted by Gasteiger charge is 2.20. The molecule has 0 aliphatic heterocycles. The van der Waals surface area contributed by atoms with Crippen molar-refractivity contribution in [2.75, 3.05) is 14.2 Å². The van der Waals surface area contributed by atoms with Crippen molar-refractivity contribution in [2.45, 2.75) is 0 Å². The van der Waals surface area contributed by atoms with E-state index in [1.54, 1.807) is 24.3 Å². The van der Waals surface area contributed by atoms with Crippen molar-refractivity contribution >= 4 is 5.97 Å². The predicted octanol–water partition coefficient (Wildman–Crippen LogP) is 6.81. The van der Waals surface area contributed by atoms with Gasteiger partial charge in [0.05, 0.1) is 19.8 Å². The molecule has 4 rings (SSSR count). The van der Waals surface area contributed by atoms with E-state index in [0.29, 0.717) is 16.9 Å². The average Bonchev–Trinajstić information content (AvgIpc) is 2.88. The average molecular weight is 482 g/mol. The highest BCUT2D eigenvalue weighted by molar-refractivity contribution is 5.91. The molecular formula is C27H18F4O4. The van der Waals surface area contributed by atoms with Crippen LogP contribution >= 0.6 is 0 Å². The van der Waals surface area contributed by atoms with Crippen molar-refractivity contribution in [3.05, 3.63) is 102 Å². The summed E-state index contributed by atoms with van der Waals surface area (Å²) in [6, 6.07) is 17.0. The third-order valence-corrected chi connectivity index (χ3v) is 5.35. The van der Waals surface area contributed by atoms with E-state index >= 15 is 0 Å². The third kappa shape index (κ3) is 4.68. The molecule has 8 heteroatoms. The fourth-order valence-electron chi connectivity index (χ4n) is 3.46. The standard InChI is InChI=1S/C27H18F4O4/c1-33-18-9-7-16(8-10-18)20-12-11-19(23(28)24(20)29)15-3-5-17(6-4-15)27(32)35-22-14-13-21(34-2)25(30)26(22)31/h3-14H,1-2H3. The van der Waals surface area contributed by atoms with Gasteiger partial charge in [-0.15, -0.1) is 0 Å². The minimum absolute atomic E-state index is 0.000101. The van der Waals surface area contributed by atoms with Gasteiger partial charge in [-0.25, -0.2) is 13.6 Å². The first-order chi connectivity index (χ1) is 16.8. The number of hydrogen-bond donors (Lipinski definition) is 0. The molecule has 0 amide bonds. The van der Waals surface area contributed by atoms with Gasteiger partial charge in [-0.05, 0) is 47.5 Å². The summed E-state index contributed by atoms with van der Waals surface area (Å²) in [5.41, 5.74) is 0.862. The summed E-state index contributed by atoms with van der Waals surface area (Å²) < 4.78 is 72.3. The summed E-state index contributed by atoms with van der Waals surface area (Å²) in [4.78, 5) is 12.4. The third-order valence-electron chi connectivity index (χ3n) is 5.35. The molecule has 4 nitrogen and oxygen atoms in total. The van der Waals surface area contributed by atoms with Crippen molar-refractivity contribution in [1.82, 2.24) is 0 Å². The summed E-state index contributed by atoms with van der Waals surface area (Å²) in [6.07, 6.45) is 0. The van der Waals surface area contributed by atoms with E-state index in [0.717, 1.165) is 12.1 Å². The Morgan fingerprint density at radius 3 is 1.57 bits per heavy atom. The van der Waals surface area contributed by atoms with Gasteiger partial charge in [0, 0.05) is 11.1 Å². The van der Waals surface area contributed by atoms with Gasteiger partial charge in [-0.3, -0.25) is 0 Å². The molecule has 0 N–H and O–H groups in total. The molecule has 0 unspecified atom stereocenters. The van der Waals surface area contributed by atoms with Crippen LogP contribution in [0, 0.1) is 23.3 Å². The summed E-state index contributed by atoms with van der Waals surface area (Å²) >= 11 is 0. The Bertz CT molecular complexity index is 1380. The van der Waals surface area contributed by atoms with E-state index in [1.165, 1.54) is 50.6 Å². The smallest absolute Gasteiger partial charge is 0.343 e. The maximum absolute atomic E-state index is 14.9. The van der Waals surface area contributed by atoms with Gasteiger partial charge >= 0.3 is 5.97 Å². The minimum Gasteiger partial charge on any atom is -0.497 e. The van der Waals surface area contributed by atoms with Gasteiger partial charge in [-0.1, -0.05) is 36.4 Å². The Morgan fingerprint density at radius 1 is 0.571 bits per heavy atom. The first-order valence-corrected chi connectivity index (χ1v) is 10.3. The normalized spacial score (nSPS) is 10.7. The second kappa shape index (κ2) is 9.89. The number of carbonyl (C=O) groups excluding carboxylic acids is 1. The van der Waals surface area contributed by atoms with Crippen LogP contribution in [0.1, 0.15) is 10.4 Å². The van der Waals surface area contributed by atoms with E-state index in [9.17, 15) is 22.4 Å². The zero-order chi connectivity index (χ0) is 25.1. The van der Waals surface area contributed by atoms with E-state index < -0.39 is 35.0 Å². The highest BCUT2D eigenvalue weighted by Crippen LogP contribution is 2.33. The van der Waals surface area contributed by atoms with Crippen LogP contribution in [0.5, 0.6) is 17.2 Å². The molecule has 0 fully saturated rings. The fourth-order valence-corrected chi connectivity index (χ4v) is 3.46. The summed E-state index contributed by atoms with van der Waals surface area (Å²) in [5.74, 6) is -6.05. The molecule has 178 valence electrons. The van der Waals surface area contributed by atoms with Crippen molar-refractivity contribution < 1.29 is 36.6 Å². The quantitative estimate of drug-likeness (QED) is 0.172. The Kier molecular flexibility index (Phi) is 6.73. The number of benzene rings is 4. The molecule has 0 saturated heterocycles. The van der Waals surface area contributed by atoms with Crippen LogP contribution in [0.15, 0.2) is 72.8 Å². The monoisotopic (exact) mass is 482 g/mol. The van der Waals surface area contributed by atoms with Gasteiger partial charge in [0.15, 0.2) is 23.1 Å². The van der Waals surface area contributed by atoms with E-state index in [-0.39, 0.29) is 22.4 Å². The molecule has 0 spiro atoms. The van der Waals surface area contributed by atoms with Crippen LogP contribution in [-0.4, -0.2) is 20.2 Å². The second-order valence-electron chi connectivity index (χ2n) is 7.38. The van der Waals surface area contributed by atoms with Gasteiger partial charge in [0.1, 0.15) is 5.75 Å². The second-order valence-corrected chi connectivity index (χ2v) is 7.38. The largest absolute Gasteiger partial charge is 0.497 e. The summed E-state index contributed by atoms with van der Waals surface area (Å²) in [6.45, 7) is 0. The predicted molar refractivity (Wildman–Crippen MR) is 122 cm³/mol.